The second kappa shape index (κ2) is 13.1. The van der Waals surface area contributed by atoms with E-state index in [-0.39, 0.29) is 24.6 Å². The second-order valence-corrected chi connectivity index (χ2v) is 8.62. The van der Waals surface area contributed by atoms with Crippen LogP contribution in [0.1, 0.15) is 57.9 Å². The molecule has 1 amide bonds. The largest absolute Gasteiger partial charge is 0.421 e. The zero-order chi connectivity index (χ0) is 28.7. The first-order chi connectivity index (χ1) is 17.7. The van der Waals surface area contributed by atoms with Crippen LogP contribution in [0.3, 0.4) is 0 Å². The number of aliphatic imine (C=N–C) groups is 1. The molecule has 2 heterocycles. The van der Waals surface area contributed by atoms with E-state index in [2.05, 4.69) is 10.1 Å². The number of hydrogen-bond acceptors (Lipinski definition) is 6. The average molecular weight is 552 g/mol. The van der Waals surface area contributed by atoms with Gasteiger partial charge < -0.3 is 14.5 Å². The van der Waals surface area contributed by atoms with Gasteiger partial charge in [-0.15, -0.1) is 0 Å². The molecule has 0 aliphatic carbocycles. The minimum atomic E-state index is -4.84. The summed E-state index contributed by atoms with van der Waals surface area (Å²) in [4.78, 5) is 31.5. The number of carbonyl (C=O) groups is 1. The van der Waals surface area contributed by atoms with Crippen LogP contribution in [0.2, 0.25) is 0 Å². The number of halogens is 6. The summed E-state index contributed by atoms with van der Waals surface area (Å²) in [5, 5.41) is 5.39. The van der Waals surface area contributed by atoms with Crippen molar-refractivity contribution < 1.29 is 35.9 Å². The molecule has 1 aliphatic rings. The Morgan fingerprint density at radius 1 is 1.18 bits per heavy atom. The van der Waals surface area contributed by atoms with Crippen LogP contribution in [0.15, 0.2) is 38.9 Å². The van der Waals surface area contributed by atoms with Crippen molar-refractivity contribution in [3.8, 4) is 0 Å². The lowest BCUT2D eigenvalue weighted by Gasteiger charge is -2.36. The molecule has 0 saturated carbocycles. The summed E-state index contributed by atoms with van der Waals surface area (Å²) in [6.07, 6.45) is -7.95. The van der Waals surface area contributed by atoms with Gasteiger partial charge in [0.2, 0.25) is 5.91 Å². The van der Waals surface area contributed by atoms with Crippen LogP contribution in [-0.4, -0.2) is 71.1 Å². The van der Waals surface area contributed by atoms with Gasteiger partial charge in [-0.25, -0.2) is 10.1 Å². The lowest BCUT2D eigenvalue weighted by Crippen LogP contribution is -2.48. The maximum Gasteiger partial charge on any atom is 0.421 e. The number of hydrogen-bond donors (Lipinski definition) is 1. The molecule has 14 heteroatoms. The van der Waals surface area contributed by atoms with Gasteiger partial charge in [0, 0.05) is 32.4 Å². The van der Waals surface area contributed by atoms with Gasteiger partial charge in [0.15, 0.2) is 0 Å². The monoisotopic (exact) mass is 551 g/mol. The number of piperazine rings is 1. The molecule has 1 fully saturated rings. The molecule has 38 heavy (non-hydrogen) atoms. The van der Waals surface area contributed by atoms with Crippen molar-refractivity contribution >= 4 is 12.1 Å². The summed E-state index contributed by atoms with van der Waals surface area (Å²) < 4.78 is 83.5. The van der Waals surface area contributed by atoms with E-state index >= 15 is 0 Å². The lowest BCUT2D eigenvalue weighted by molar-refractivity contribution is -0.139. The highest BCUT2D eigenvalue weighted by Gasteiger charge is 2.35. The molecule has 0 radical (unpaired) electrons. The van der Waals surface area contributed by atoms with Crippen molar-refractivity contribution in [1.29, 1.82) is 0 Å². The van der Waals surface area contributed by atoms with E-state index in [9.17, 15) is 35.9 Å². The van der Waals surface area contributed by atoms with Crippen molar-refractivity contribution in [2.45, 2.75) is 59.0 Å². The van der Waals surface area contributed by atoms with Crippen LogP contribution in [0, 0.1) is 0 Å². The summed E-state index contributed by atoms with van der Waals surface area (Å²) in [5.74, 6) is 0.198. The fourth-order valence-electron chi connectivity index (χ4n) is 3.64. The minimum absolute atomic E-state index is 0.0368. The smallest absolute Gasteiger partial charge is 0.372 e. The van der Waals surface area contributed by atoms with E-state index < -0.39 is 35.2 Å². The fourth-order valence-corrected chi connectivity index (χ4v) is 3.64. The Labute approximate surface area is 216 Å². The van der Waals surface area contributed by atoms with Crippen molar-refractivity contribution in [2.24, 2.45) is 4.99 Å². The van der Waals surface area contributed by atoms with E-state index in [4.69, 9.17) is 4.74 Å². The quantitative estimate of drug-likeness (QED) is 0.357. The number of H-pyrrole nitrogens is 1. The number of amides is 1. The van der Waals surface area contributed by atoms with E-state index in [1.54, 1.807) is 16.9 Å². The molecule has 8 nitrogen and oxygen atoms in total. The summed E-state index contributed by atoms with van der Waals surface area (Å²) in [5.41, 5.74) is -2.92. The first-order valence-electron chi connectivity index (χ1n) is 12.0. The Bertz CT molecular complexity index is 1120. The molecule has 1 aliphatic heterocycles. The molecule has 1 aromatic heterocycles. The van der Waals surface area contributed by atoms with E-state index in [0.717, 1.165) is 17.9 Å². The van der Waals surface area contributed by atoms with Crippen LogP contribution in [0.25, 0.3) is 0 Å². The number of nitrogens with one attached hydrogen (secondary N) is 1. The van der Waals surface area contributed by atoms with Crippen LogP contribution < -0.4 is 5.56 Å². The summed E-state index contributed by atoms with van der Waals surface area (Å²) >= 11 is 0. The van der Waals surface area contributed by atoms with E-state index in [0.29, 0.717) is 44.5 Å². The molecule has 2 rings (SSSR count). The van der Waals surface area contributed by atoms with Gasteiger partial charge in [-0.3, -0.25) is 9.59 Å². The van der Waals surface area contributed by atoms with Gasteiger partial charge in [-0.1, -0.05) is 13.0 Å². The molecule has 212 valence electrons. The Morgan fingerprint density at radius 3 is 2.32 bits per heavy atom. The highest BCUT2D eigenvalue weighted by molar-refractivity contribution is 5.81. The third kappa shape index (κ3) is 8.43. The first-order valence-corrected chi connectivity index (χ1v) is 12.0. The Hall–Kier alpha value is -3.16. The molecule has 1 aromatic rings. The molecule has 0 spiro atoms. The molecule has 1 N–H and O–H groups in total. The zero-order valence-corrected chi connectivity index (χ0v) is 21.5. The van der Waals surface area contributed by atoms with Crippen LogP contribution >= 0.6 is 0 Å². The molecule has 0 bridgehead atoms. The predicted octanol–water partition coefficient (Wildman–Crippen LogP) is 4.62. The summed E-state index contributed by atoms with van der Waals surface area (Å²) in [7, 11) is 0. The van der Waals surface area contributed by atoms with Crippen molar-refractivity contribution in [2.75, 3.05) is 32.8 Å². The Balaban J connectivity index is 1.93. The van der Waals surface area contributed by atoms with Crippen LogP contribution in [-0.2, 0) is 15.7 Å². The molecular weight excluding hydrogens is 520 g/mol. The Morgan fingerprint density at radius 2 is 1.79 bits per heavy atom. The second-order valence-electron chi connectivity index (χ2n) is 8.62. The van der Waals surface area contributed by atoms with E-state index in [1.165, 1.54) is 13.8 Å². The molecule has 0 unspecified atom stereocenters. The number of aromatic nitrogens is 2. The van der Waals surface area contributed by atoms with Crippen molar-refractivity contribution in [1.82, 2.24) is 20.0 Å². The maximum atomic E-state index is 13.1. The third-order valence-corrected chi connectivity index (χ3v) is 6.04. The van der Waals surface area contributed by atoms with Gasteiger partial charge in [-0.05, 0) is 38.8 Å². The Kier molecular flexibility index (Phi) is 10.7. The fraction of sp³-hybridized carbons (Fsp3) is 0.583. The number of alkyl halides is 6. The standard InChI is InChI=1S/C24H31F6N5O3/c1-5-15(3)21(31-14-17(6-2)23(25,26)27)35-10-8-34(9-11-35)20(36)7-12-38-16(4)19-13-18(24(28,29)30)22(37)33-32-19/h6,13-14,16H,5,7-12H2,1-4H3,(H,33,37)/b17-6+,21-15?,31-14-/t16-/m1/s1. The highest BCUT2D eigenvalue weighted by Crippen LogP contribution is 2.28. The third-order valence-electron chi connectivity index (χ3n) is 6.04. The van der Waals surface area contributed by atoms with Crippen molar-refractivity contribution in [3.05, 3.63) is 50.7 Å². The highest BCUT2D eigenvalue weighted by atomic mass is 19.4. The molecule has 1 saturated heterocycles. The predicted molar refractivity (Wildman–Crippen MR) is 128 cm³/mol. The zero-order valence-electron chi connectivity index (χ0n) is 21.5. The minimum Gasteiger partial charge on any atom is -0.372 e. The van der Waals surface area contributed by atoms with E-state index in [1.807, 2.05) is 11.8 Å². The number of aromatic amines is 1. The normalized spacial score (nSPS) is 17.2. The first kappa shape index (κ1) is 31.1. The van der Waals surface area contributed by atoms with Gasteiger partial charge in [-0.2, -0.15) is 31.4 Å². The summed E-state index contributed by atoms with van der Waals surface area (Å²) in [6, 6.07) is 0.615. The lowest BCUT2D eigenvalue weighted by atomic mass is 10.2. The summed E-state index contributed by atoms with van der Waals surface area (Å²) in [6.45, 7) is 7.68. The molecule has 0 aromatic carbocycles. The van der Waals surface area contributed by atoms with Crippen LogP contribution in [0.4, 0.5) is 26.3 Å². The number of rotatable bonds is 9. The average Bonchev–Trinajstić information content (AvgIpc) is 2.85. The maximum absolute atomic E-state index is 13.1. The van der Waals surface area contributed by atoms with Gasteiger partial charge in [0.05, 0.1) is 30.4 Å². The van der Waals surface area contributed by atoms with Gasteiger partial charge >= 0.3 is 12.4 Å². The van der Waals surface area contributed by atoms with Crippen LogP contribution in [0.5, 0.6) is 0 Å². The van der Waals surface area contributed by atoms with Crippen molar-refractivity contribution in [3.63, 3.8) is 0 Å². The number of nitrogens with zero attached hydrogens (tertiary/aromatic N) is 4. The van der Waals surface area contributed by atoms with Gasteiger partial charge in [0.1, 0.15) is 11.4 Å². The van der Waals surface area contributed by atoms with Gasteiger partial charge in [0.25, 0.3) is 5.56 Å². The number of carbonyl (C=O) groups excluding carboxylic acids is 1. The SMILES string of the molecule is C/C=C(\C=N/C(=C(C)CC)N1CCN(C(=O)CCO[C@H](C)c2cc(C(F)(F)F)c(=O)[nH]n2)CC1)C(F)(F)F. The number of ether oxygens (including phenoxy) is 1. The topological polar surface area (TPSA) is 90.9 Å². The molecule has 1 atom stereocenters. The number of allylic oxidation sites excluding steroid dienone is 3. The molecular formula is C24H31F6N5O3.